The lowest BCUT2D eigenvalue weighted by Crippen LogP contribution is -2.28. The zero-order valence-electron chi connectivity index (χ0n) is 10.0. The summed E-state index contributed by atoms with van der Waals surface area (Å²) in [5.41, 5.74) is 2.90. The molecule has 0 aliphatic carbocycles. The average molecular weight is 193 g/mol. The van der Waals surface area contributed by atoms with Crippen LogP contribution in [-0.4, -0.2) is 25.0 Å². The Morgan fingerprint density at radius 3 is 2.43 bits per heavy atom. The van der Waals surface area contributed by atoms with Crippen molar-refractivity contribution < 1.29 is 0 Å². The Balaban J connectivity index is 0.000000791. The van der Waals surface area contributed by atoms with Gasteiger partial charge in [0.25, 0.3) is 0 Å². The third-order valence-corrected chi connectivity index (χ3v) is 2.28. The number of likely N-dealkylation sites (N-methyl/N-ethyl adjacent to an activating group) is 1. The molecule has 1 rings (SSSR count). The molecule has 0 aromatic heterocycles. The minimum Gasteiger partial charge on any atom is -0.302 e. The normalized spacial score (nSPS) is 23.1. The molecule has 0 aromatic rings. The first-order chi connectivity index (χ1) is 6.77. The minimum absolute atomic E-state index is 1.08. The quantitative estimate of drug-likeness (QED) is 0.617. The molecular weight excluding hydrogens is 170 g/mol. The fraction of sp³-hybridized carbons (Fsp3) is 0.538. The monoisotopic (exact) mass is 193 g/mol. The zero-order chi connectivity index (χ0) is 11.0. The molecule has 0 aromatic carbocycles. The van der Waals surface area contributed by atoms with Gasteiger partial charge in [0.2, 0.25) is 0 Å². The number of likely N-dealkylation sites (tertiary alicyclic amines) is 1. The van der Waals surface area contributed by atoms with Gasteiger partial charge < -0.3 is 4.90 Å². The third-order valence-electron chi connectivity index (χ3n) is 2.28. The van der Waals surface area contributed by atoms with E-state index < -0.39 is 0 Å². The predicted molar refractivity (Wildman–Crippen MR) is 65.5 cm³/mol. The van der Waals surface area contributed by atoms with Gasteiger partial charge in [-0.25, -0.2) is 0 Å². The van der Waals surface area contributed by atoms with Crippen LogP contribution in [0.1, 0.15) is 27.2 Å². The SMILES string of the molecule is C=C/C=C1/CCN(C)C/C1=C/C.CC. The third kappa shape index (κ3) is 3.93. The van der Waals surface area contributed by atoms with Crippen LogP contribution < -0.4 is 0 Å². The second-order valence-electron chi connectivity index (χ2n) is 3.23. The van der Waals surface area contributed by atoms with Crippen molar-refractivity contribution in [3.8, 4) is 0 Å². The molecule has 1 saturated heterocycles. The molecule has 0 radical (unpaired) electrons. The molecule has 0 amide bonds. The molecule has 0 atom stereocenters. The van der Waals surface area contributed by atoms with Crippen molar-refractivity contribution in [1.82, 2.24) is 4.90 Å². The molecule has 1 fully saturated rings. The van der Waals surface area contributed by atoms with E-state index in [1.54, 1.807) is 0 Å². The molecule has 1 nitrogen and oxygen atoms in total. The number of nitrogens with zero attached hydrogens (tertiary/aromatic N) is 1. The first-order valence-electron chi connectivity index (χ1n) is 5.43. The van der Waals surface area contributed by atoms with E-state index >= 15 is 0 Å². The molecule has 0 spiro atoms. The number of allylic oxidation sites excluding steroid dienone is 3. The Hall–Kier alpha value is -0.820. The minimum atomic E-state index is 1.08. The Bertz CT molecular complexity index is 223. The highest BCUT2D eigenvalue weighted by Crippen LogP contribution is 2.20. The molecule has 1 heterocycles. The van der Waals surface area contributed by atoms with Crippen LogP contribution in [0.3, 0.4) is 0 Å². The highest BCUT2D eigenvalue weighted by molar-refractivity contribution is 5.35. The molecular formula is C13H23N. The molecule has 1 heteroatoms. The summed E-state index contributed by atoms with van der Waals surface area (Å²) in [4.78, 5) is 2.34. The Morgan fingerprint density at radius 2 is 1.93 bits per heavy atom. The van der Waals surface area contributed by atoms with E-state index in [2.05, 4.69) is 37.6 Å². The van der Waals surface area contributed by atoms with Crippen LogP contribution in [0, 0.1) is 0 Å². The molecule has 0 bridgehead atoms. The van der Waals surface area contributed by atoms with E-state index in [-0.39, 0.29) is 0 Å². The summed E-state index contributed by atoms with van der Waals surface area (Å²) in [7, 11) is 2.16. The first-order valence-corrected chi connectivity index (χ1v) is 5.43. The van der Waals surface area contributed by atoms with Gasteiger partial charge in [-0.2, -0.15) is 0 Å². The number of piperidine rings is 1. The van der Waals surface area contributed by atoms with Gasteiger partial charge in [0, 0.05) is 13.1 Å². The lowest BCUT2D eigenvalue weighted by molar-refractivity contribution is 0.348. The lowest BCUT2D eigenvalue weighted by atomic mass is 9.98. The Morgan fingerprint density at radius 1 is 1.29 bits per heavy atom. The second kappa shape index (κ2) is 7.57. The number of rotatable bonds is 1. The molecule has 1 aliphatic rings. The Labute approximate surface area is 88.8 Å². The highest BCUT2D eigenvalue weighted by Gasteiger charge is 2.13. The maximum absolute atomic E-state index is 3.73. The van der Waals surface area contributed by atoms with E-state index in [1.807, 2.05) is 19.9 Å². The summed E-state index contributed by atoms with van der Waals surface area (Å²) >= 11 is 0. The fourth-order valence-electron chi connectivity index (χ4n) is 1.55. The van der Waals surface area contributed by atoms with Crippen LogP contribution in [0.25, 0.3) is 0 Å². The Kier molecular flexibility index (Phi) is 7.13. The van der Waals surface area contributed by atoms with E-state index in [0.29, 0.717) is 0 Å². The summed E-state index contributed by atoms with van der Waals surface area (Å²) < 4.78 is 0. The van der Waals surface area contributed by atoms with Crippen molar-refractivity contribution in [3.63, 3.8) is 0 Å². The average Bonchev–Trinajstić information content (AvgIpc) is 2.24. The lowest BCUT2D eigenvalue weighted by Gasteiger charge is -2.26. The molecule has 0 saturated carbocycles. The first kappa shape index (κ1) is 13.2. The van der Waals surface area contributed by atoms with E-state index in [4.69, 9.17) is 0 Å². The van der Waals surface area contributed by atoms with Crippen molar-refractivity contribution in [2.45, 2.75) is 27.2 Å². The van der Waals surface area contributed by atoms with Crippen molar-refractivity contribution in [2.75, 3.05) is 20.1 Å². The van der Waals surface area contributed by atoms with E-state index in [1.165, 1.54) is 11.1 Å². The van der Waals surface area contributed by atoms with Crippen LogP contribution in [0.15, 0.2) is 36.0 Å². The van der Waals surface area contributed by atoms with Gasteiger partial charge >= 0.3 is 0 Å². The molecule has 14 heavy (non-hydrogen) atoms. The van der Waals surface area contributed by atoms with Gasteiger partial charge in [0.05, 0.1) is 0 Å². The topological polar surface area (TPSA) is 3.24 Å². The standard InChI is InChI=1S/C11H17N.C2H6/c1-4-6-11-7-8-12(3)9-10(11)5-2;1-2/h4-6H,1,7-9H2,2-3H3;1-2H3/b10-5-,11-6-;. The van der Waals surface area contributed by atoms with E-state index in [9.17, 15) is 0 Å². The molecule has 0 N–H and O–H groups in total. The van der Waals surface area contributed by atoms with Crippen molar-refractivity contribution in [2.24, 2.45) is 0 Å². The van der Waals surface area contributed by atoms with Crippen molar-refractivity contribution in [1.29, 1.82) is 0 Å². The van der Waals surface area contributed by atoms with Crippen LogP contribution in [0.2, 0.25) is 0 Å². The van der Waals surface area contributed by atoms with Crippen LogP contribution in [0.4, 0.5) is 0 Å². The summed E-state index contributed by atoms with van der Waals surface area (Å²) in [6.45, 7) is 12.1. The predicted octanol–water partition coefficient (Wildman–Crippen LogP) is 3.41. The number of hydrogen-bond acceptors (Lipinski definition) is 1. The zero-order valence-corrected chi connectivity index (χ0v) is 10.0. The van der Waals surface area contributed by atoms with Gasteiger partial charge in [0.1, 0.15) is 0 Å². The van der Waals surface area contributed by atoms with Gasteiger partial charge in [-0.3, -0.25) is 0 Å². The largest absolute Gasteiger partial charge is 0.302 e. The van der Waals surface area contributed by atoms with Gasteiger partial charge in [0.15, 0.2) is 0 Å². The maximum Gasteiger partial charge on any atom is 0.0230 e. The number of hydrogen-bond donors (Lipinski definition) is 0. The van der Waals surface area contributed by atoms with E-state index in [0.717, 1.165) is 19.5 Å². The summed E-state index contributed by atoms with van der Waals surface area (Å²) in [5.74, 6) is 0. The van der Waals surface area contributed by atoms with Gasteiger partial charge in [-0.15, -0.1) is 0 Å². The van der Waals surface area contributed by atoms with Crippen LogP contribution in [-0.2, 0) is 0 Å². The smallest absolute Gasteiger partial charge is 0.0230 e. The molecule has 80 valence electrons. The summed E-state index contributed by atoms with van der Waals surface area (Å²) in [5, 5.41) is 0. The molecule has 1 aliphatic heterocycles. The van der Waals surface area contributed by atoms with Crippen molar-refractivity contribution >= 4 is 0 Å². The van der Waals surface area contributed by atoms with Gasteiger partial charge in [-0.1, -0.05) is 38.7 Å². The molecule has 0 unspecified atom stereocenters. The second-order valence-corrected chi connectivity index (χ2v) is 3.23. The summed E-state index contributed by atoms with van der Waals surface area (Å²) in [6.07, 6.45) is 7.36. The fourth-order valence-corrected chi connectivity index (χ4v) is 1.55. The highest BCUT2D eigenvalue weighted by atomic mass is 15.1. The summed E-state index contributed by atoms with van der Waals surface area (Å²) in [6, 6.07) is 0. The maximum atomic E-state index is 3.73. The van der Waals surface area contributed by atoms with Crippen molar-refractivity contribution in [3.05, 3.63) is 36.0 Å². The van der Waals surface area contributed by atoms with Crippen LogP contribution in [0.5, 0.6) is 0 Å². The van der Waals surface area contributed by atoms with Gasteiger partial charge in [-0.05, 0) is 31.5 Å². The van der Waals surface area contributed by atoms with Crippen LogP contribution >= 0.6 is 0 Å².